The molecule has 0 unspecified atom stereocenters. The summed E-state index contributed by atoms with van der Waals surface area (Å²) in [6, 6.07) is 2.54. The number of ether oxygens (including phenoxy) is 2. The van der Waals surface area contributed by atoms with Crippen LogP contribution >= 0.6 is 15.9 Å². The van der Waals surface area contributed by atoms with Crippen LogP contribution in [0.2, 0.25) is 0 Å². The van der Waals surface area contributed by atoms with Crippen LogP contribution in [0.25, 0.3) is 0 Å². The number of esters is 1. The van der Waals surface area contributed by atoms with Crippen LogP contribution in [0.4, 0.5) is 27.9 Å². The van der Waals surface area contributed by atoms with Gasteiger partial charge in [-0.05, 0) is 48.3 Å². The molecule has 2 heterocycles. The molecule has 1 aliphatic heterocycles. The lowest BCUT2D eigenvalue weighted by molar-refractivity contribution is -0.219. The van der Waals surface area contributed by atoms with Crippen LogP contribution in [0, 0.1) is 11.6 Å². The fraction of sp³-hybridized carbons (Fsp3) is 0.450. The summed E-state index contributed by atoms with van der Waals surface area (Å²) >= 11 is 3.01. The average molecular weight is 555 g/mol. The summed E-state index contributed by atoms with van der Waals surface area (Å²) in [6.07, 6.45) is -4.78. The van der Waals surface area contributed by atoms with Crippen molar-refractivity contribution in [2.75, 3.05) is 18.0 Å². The zero-order chi connectivity index (χ0) is 25.4. The number of carbonyl (C=O) groups is 1. The number of anilines is 1. The Morgan fingerprint density at radius 1 is 1.29 bits per heavy atom. The van der Waals surface area contributed by atoms with E-state index >= 15 is 0 Å². The molecular formula is C20H20BrF5N4O4. The van der Waals surface area contributed by atoms with Gasteiger partial charge in [-0.3, -0.25) is 4.79 Å². The normalized spacial score (nSPS) is 16.6. The molecule has 8 nitrogen and oxygen atoms in total. The molecule has 0 radical (unpaired) electrons. The van der Waals surface area contributed by atoms with Crippen LogP contribution in [0.5, 0.6) is 5.88 Å². The first-order valence-corrected chi connectivity index (χ1v) is 10.7. The van der Waals surface area contributed by atoms with Crippen LogP contribution < -0.4 is 20.9 Å². The van der Waals surface area contributed by atoms with Crippen LogP contribution in [0.15, 0.2) is 27.5 Å². The zero-order valence-electron chi connectivity index (χ0n) is 18.0. The molecule has 0 spiro atoms. The molecule has 0 saturated carbocycles. The van der Waals surface area contributed by atoms with Gasteiger partial charge in [0.05, 0.1) is 0 Å². The summed E-state index contributed by atoms with van der Waals surface area (Å²) in [5.41, 5.74) is 2.88. The fourth-order valence-corrected chi connectivity index (χ4v) is 3.73. The number of benzene rings is 1. The van der Waals surface area contributed by atoms with Crippen molar-refractivity contribution in [3.8, 4) is 5.88 Å². The Hall–Kier alpha value is -2.74. The minimum absolute atomic E-state index is 0.0246. The molecule has 2 N–H and O–H groups in total. The zero-order valence-corrected chi connectivity index (χ0v) is 19.5. The molecule has 3 rings (SSSR count). The highest BCUT2D eigenvalue weighted by Crippen LogP contribution is 2.31. The van der Waals surface area contributed by atoms with Gasteiger partial charge in [0.15, 0.2) is 5.72 Å². The standard InChI is InChI=1S/C20H20BrF5N4O4/c1-19(2,34-17(32)20(24,25)26)30-16(31)14(21)15(28-18(30)29-6-5-12(27)8-29)33-9-10-3-4-11(22)7-13(10)23/h3-4,7,12H,5-6,8-9,27H2,1-2H3/t12-/m1/s1. The van der Waals surface area contributed by atoms with Gasteiger partial charge in [-0.2, -0.15) is 18.2 Å². The van der Waals surface area contributed by atoms with Gasteiger partial charge in [0.25, 0.3) is 5.56 Å². The number of hydrogen-bond donors (Lipinski definition) is 1. The quantitative estimate of drug-likeness (QED) is 0.432. The summed E-state index contributed by atoms with van der Waals surface area (Å²) < 4.78 is 76.1. The average Bonchev–Trinajstić information content (AvgIpc) is 3.15. The number of rotatable bonds is 6. The van der Waals surface area contributed by atoms with Crippen molar-refractivity contribution < 1.29 is 36.2 Å². The third-order valence-electron chi connectivity index (χ3n) is 4.98. The molecule has 0 bridgehead atoms. The van der Waals surface area contributed by atoms with Gasteiger partial charge in [-0.15, -0.1) is 0 Å². The van der Waals surface area contributed by atoms with E-state index in [0.29, 0.717) is 19.0 Å². The molecule has 1 aromatic carbocycles. The maximum atomic E-state index is 14.0. The van der Waals surface area contributed by atoms with E-state index in [0.717, 1.165) is 30.5 Å². The molecule has 14 heteroatoms. The van der Waals surface area contributed by atoms with E-state index in [9.17, 15) is 31.5 Å². The number of hydrogen-bond acceptors (Lipinski definition) is 7. The number of alkyl halides is 3. The van der Waals surface area contributed by atoms with Gasteiger partial charge < -0.3 is 20.1 Å². The second-order valence-corrected chi connectivity index (χ2v) is 8.82. The van der Waals surface area contributed by atoms with Crippen molar-refractivity contribution in [2.45, 2.75) is 44.8 Å². The first-order chi connectivity index (χ1) is 15.7. The summed E-state index contributed by atoms with van der Waals surface area (Å²) in [5, 5.41) is 0. The Labute approximate surface area is 198 Å². The maximum Gasteiger partial charge on any atom is 0.491 e. The molecule has 1 aromatic heterocycles. The molecule has 0 amide bonds. The molecule has 1 atom stereocenters. The molecule has 34 heavy (non-hydrogen) atoms. The van der Waals surface area contributed by atoms with E-state index in [4.69, 9.17) is 10.5 Å². The van der Waals surface area contributed by atoms with E-state index in [2.05, 4.69) is 25.7 Å². The number of nitrogens with zero attached hydrogens (tertiary/aromatic N) is 3. The summed E-state index contributed by atoms with van der Waals surface area (Å²) in [7, 11) is 0. The van der Waals surface area contributed by atoms with Crippen molar-refractivity contribution in [3.63, 3.8) is 0 Å². The first kappa shape index (κ1) is 25.9. The lowest BCUT2D eigenvalue weighted by Gasteiger charge is -2.32. The molecule has 0 aliphatic carbocycles. The van der Waals surface area contributed by atoms with Gasteiger partial charge in [-0.1, -0.05) is 0 Å². The van der Waals surface area contributed by atoms with Crippen molar-refractivity contribution in [3.05, 3.63) is 50.2 Å². The second-order valence-electron chi connectivity index (χ2n) is 8.02. The highest BCUT2D eigenvalue weighted by atomic mass is 79.9. The smallest absolute Gasteiger partial charge is 0.472 e. The predicted octanol–water partition coefficient (Wildman–Crippen LogP) is 3.20. The molecule has 2 aromatic rings. The van der Waals surface area contributed by atoms with Gasteiger partial charge in [0, 0.05) is 30.8 Å². The number of halogens is 6. The fourth-order valence-electron chi connectivity index (χ4n) is 3.35. The minimum atomic E-state index is -5.29. The lowest BCUT2D eigenvalue weighted by atomic mass is 10.2. The number of aromatic nitrogens is 2. The van der Waals surface area contributed by atoms with E-state index < -0.39 is 41.7 Å². The second kappa shape index (κ2) is 9.49. The van der Waals surface area contributed by atoms with Crippen LogP contribution in [0.3, 0.4) is 0 Å². The highest BCUT2D eigenvalue weighted by Gasteiger charge is 2.46. The summed E-state index contributed by atoms with van der Waals surface area (Å²) in [5.74, 6) is -4.60. The number of nitrogens with two attached hydrogens (primary N) is 1. The molecule has 1 fully saturated rings. The molecule has 1 aliphatic rings. The van der Waals surface area contributed by atoms with Crippen molar-refractivity contribution in [1.29, 1.82) is 0 Å². The Morgan fingerprint density at radius 2 is 1.97 bits per heavy atom. The predicted molar refractivity (Wildman–Crippen MR) is 113 cm³/mol. The highest BCUT2D eigenvalue weighted by molar-refractivity contribution is 9.10. The van der Waals surface area contributed by atoms with Crippen LogP contribution in [-0.2, 0) is 21.9 Å². The van der Waals surface area contributed by atoms with Crippen LogP contribution in [-0.4, -0.2) is 40.8 Å². The third-order valence-corrected chi connectivity index (χ3v) is 5.66. The monoisotopic (exact) mass is 554 g/mol. The van der Waals surface area contributed by atoms with E-state index in [-0.39, 0.29) is 34.5 Å². The summed E-state index contributed by atoms with van der Waals surface area (Å²) in [4.78, 5) is 30.5. The van der Waals surface area contributed by atoms with Gasteiger partial charge in [0.2, 0.25) is 11.8 Å². The SMILES string of the molecule is CC(C)(OC(=O)C(F)(F)F)n1c(N2CC[C@@H](N)C2)nc(OCc2ccc(F)cc2F)c(Br)c1=O. The summed E-state index contributed by atoms with van der Waals surface area (Å²) in [6.45, 7) is 2.29. The van der Waals surface area contributed by atoms with E-state index in [1.165, 1.54) is 4.90 Å². The molecular weight excluding hydrogens is 535 g/mol. The van der Waals surface area contributed by atoms with E-state index in [1.54, 1.807) is 0 Å². The molecule has 1 saturated heterocycles. The van der Waals surface area contributed by atoms with Gasteiger partial charge in [-0.25, -0.2) is 18.1 Å². The Bertz CT molecular complexity index is 1160. The van der Waals surface area contributed by atoms with Crippen molar-refractivity contribution in [2.24, 2.45) is 5.73 Å². The van der Waals surface area contributed by atoms with Crippen LogP contribution in [0.1, 0.15) is 25.8 Å². The van der Waals surface area contributed by atoms with Gasteiger partial charge >= 0.3 is 12.1 Å². The van der Waals surface area contributed by atoms with Gasteiger partial charge in [0.1, 0.15) is 22.7 Å². The third kappa shape index (κ3) is 5.49. The minimum Gasteiger partial charge on any atom is -0.472 e. The van der Waals surface area contributed by atoms with Crippen molar-refractivity contribution >= 4 is 27.8 Å². The lowest BCUT2D eigenvalue weighted by Crippen LogP contribution is -2.46. The number of carbonyl (C=O) groups excluding carboxylic acids is 1. The topological polar surface area (TPSA) is 99.7 Å². The largest absolute Gasteiger partial charge is 0.491 e. The van der Waals surface area contributed by atoms with E-state index in [1.807, 2.05) is 0 Å². The Kier molecular flexibility index (Phi) is 7.22. The Balaban J connectivity index is 2.04. The first-order valence-electron chi connectivity index (χ1n) is 9.91. The Morgan fingerprint density at radius 3 is 2.53 bits per heavy atom. The maximum absolute atomic E-state index is 14.0. The van der Waals surface area contributed by atoms with Crippen molar-refractivity contribution in [1.82, 2.24) is 9.55 Å². The molecule has 186 valence electrons.